The number of aromatic nitrogens is 1. The number of carbonyl (C=O) groups is 1. The molecule has 1 heterocycles. The topological polar surface area (TPSA) is 74.3 Å². The monoisotopic (exact) mass is 240 g/mol. The number of carbonyl (C=O) groups excluding carboxylic acids is 1. The first-order valence-corrected chi connectivity index (χ1v) is 5.63. The number of aliphatic hydroxyl groups is 1. The summed E-state index contributed by atoms with van der Waals surface area (Å²) in [5.74, 6) is 0. The minimum absolute atomic E-state index is 0.121. The molecule has 0 radical (unpaired) electrons. The summed E-state index contributed by atoms with van der Waals surface area (Å²) in [6.07, 6.45) is 3.70. The van der Waals surface area contributed by atoms with Crippen LogP contribution in [0.2, 0.25) is 0 Å². The SMILES string of the molecule is CC(C)(C)OC(=O)NC(CO)Cc1cc[nH]c1. The largest absolute Gasteiger partial charge is 0.444 e. The minimum atomic E-state index is -0.530. The lowest BCUT2D eigenvalue weighted by Crippen LogP contribution is -2.42. The van der Waals surface area contributed by atoms with Crippen LogP contribution in [0.4, 0.5) is 4.79 Å². The molecule has 0 fully saturated rings. The van der Waals surface area contributed by atoms with E-state index in [1.165, 1.54) is 0 Å². The van der Waals surface area contributed by atoms with Crippen LogP contribution in [0, 0.1) is 0 Å². The molecule has 3 N–H and O–H groups in total. The summed E-state index contributed by atoms with van der Waals surface area (Å²) in [6.45, 7) is 5.27. The van der Waals surface area contributed by atoms with Crippen LogP contribution in [-0.4, -0.2) is 34.4 Å². The van der Waals surface area contributed by atoms with Gasteiger partial charge in [0, 0.05) is 12.4 Å². The average molecular weight is 240 g/mol. The van der Waals surface area contributed by atoms with Gasteiger partial charge in [0.15, 0.2) is 0 Å². The molecule has 0 aromatic carbocycles. The fourth-order valence-electron chi connectivity index (χ4n) is 1.41. The zero-order valence-electron chi connectivity index (χ0n) is 10.5. The Bertz CT molecular complexity index is 341. The third kappa shape index (κ3) is 5.40. The molecule has 0 aliphatic rings. The zero-order chi connectivity index (χ0) is 12.9. The molecule has 96 valence electrons. The molecular weight excluding hydrogens is 220 g/mol. The maximum atomic E-state index is 11.5. The molecule has 0 aliphatic carbocycles. The molecule has 1 aromatic heterocycles. The number of rotatable bonds is 4. The van der Waals surface area contributed by atoms with Gasteiger partial charge in [-0.15, -0.1) is 0 Å². The third-order valence-corrected chi connectivity index (χ3v) is 2.09. The second-order valence-electron chi connectivity index (χ2n) is 4.95. The van der Waals surface area contributed by atoms with E-state index >= 15 is 0 Å². The molecule has 1 atom stereocenters. The van der Waals surface area contributed by atoms with E-state index in [1.807, 2.05) is 12.3 Å². The van der Waals surface area contributed by atoms with Gasteiger partial charge in [0.05, 0.1) is 12.6 Å². The van der Waals surface area contributed by atoms with E-state index in [0.717, 1.165) is 5.56 Å². The van der Waals surface area contributed by atoms with Crippen molar-refractivity contribution in [1.29, 1.82) is 0 Å². The number of aliphatic hydroxyl groups excluding tert-OH is 1. The highest BCUT2D eigenvalue weighted by Gasteiger charge is 2.19. The number of H-pyrrole nitrogens is 1. The predicted molar refractivity (Wildman–Crippen MR) is 64.7 cm³/mol. The molecule has 0 bridgehead atoms. The van der Waals surface area contributed by atoms with Gasteiger partial charge in [-0.2, -0.15) is 0 Å². The first-order chi connectivity index (χ1) is 7.90. The summed E-state index contributed by atoms with van der Waals surface area (Å²) in [6, 6.07) is 1.57. The Morgan fingerprint density at radius 2 is 2.29 bits per heavy atom. The smallest absolute Gasteiger partial charge is 0.407 e. The van der Waals surface area contributed by atoms with Gasteiger partial charge in [0.25, 0.3) is 0 Å². The van der Waals surface area contributed by atoms with Crippen LogP contribution in [0.3, 0.4) is 0 Å². The number of ether oxygens (including phenoxy) is 1. The van der Waals surface area contributed by atoms with Gasteiger partial charge in [-0.05, 0) is 38.8 Å². The molecule has 5 heteroatoms. The van der Waals surface area contributed by atoms with E-state index in [-0.39, 0.29) is 12.6 Å². The van der Waals surface area contributed by atoms with Gasteiger partial charge in [-0.25, -0.2) is 4.79 Å². The molecule has 1 amide bonds. The number of alkyl carbamates (subject to hydrolysis) is 1. The molecule has 1 rings (SSSR count). The van der Waals surface area contributed by atoms with E-state index in [2.05, 4.69) is 10.3 Å². The third-order valence-electron chi connectivity index (χ3n) is 2.09. The van der Waals surface area contributed by atoms with Crippen molar-refractivity contribution in [3.05, 3.63) is 24.0 Å². The van der Waals surface area contributed by atoms with E-state index in [9.17, 15) is 9.90 Å². The molecular formula is C12H20N2O3. The number of hydrogen-bond acceptors (Lipinski definition) is 3. The standard InChI is InChI=1S/C12H20N2O3/c1-12(2,3)17-11(16)14-10(8-15)6-9-4-5-13-7-9/h4-5,7,10,13,15H,6,8H2,1-3H3,(H,14,16). The van der Waals surface area contributed by atoms with Crippen LogP contribution in [0.15, 0.2) is 18.5 Å². The van der Waals surface area contributed by atoms with E-state index < -0.39 is 11.7 Å². The van der Waals surface area contributed by atoms with Gasteiger partial charge < -0.3 is 20.1 Å². The molecule has 17 heavy (non-hydrogen) atoms. The van der Waals surface area contributed by atoms with E-state index in [0.29, 0.717) is 6.42 Å². The maximum Gasteiger partial charge on any atom is 0.407 e. The maximum absolute atomic E-state index is 11.5. The Balaban J connectivity index is 2.44. The second-order valence-corrected chi connectivity index (χ2v) is 4.95. The first kappa shape index (κ1) is 13.6. The highest BCUT2D eigenvalue weighted by atomic mass is 16.6. The van der Waals surface area contributed by atoms with Crippen LogP contribution in [0.5, 0.6) is 0 Å². The van der Waals surface area contributed by atoms with Crippen LogP contribution < -0.4 is 5.32 Å². The number of amides is 1. The Morgan fingerprint density at radius 3 is 2.76 bits per heavy atom. The highest BCUT2D eigenvalue weighted by molar-refractivity contribution is 5.68. The number of hydrogen-bond donors (Lipinski definition) is 3. The van der Waals surface area contributed by atoms with Gasteiger partial charge >= 0.3 is 6.09 Å². The molecule has 1 unspecified atom stereocenters. The van der Waals surface area contributed by atoms with E-state index in [4.69, 9.17) is 4.74 Å². The summed E-state index contributed by atoms with van der Waals surface area (Å²) in [5.41, 5.74) is 0.498. The summed E-state index contributed by atoms with van der Waals surface area (Å²) >= 11 is 0. The fourth-order valence-corrected chi connectivity index (χ4v) is 1.41. The van der Waals surface area contributed by atoms with Crippen LogP contribution in [0.25, 0.3) is 0 Å². The van der Waals surface area contributed by atoms with Crippen molar-refractivity contribution < 1.29 is 14.6 Å². The lowest BCUT2D eigenvalue weighted by atomic mass is 10.1. The molecule has 0 aliphatic heterocycles. The van der Waals surface area contributed by atoms with Crippen molar-refractivity contribution in [2.24, 2.45) is 0 Å². The lowest BCUT2D eigenvalue weighted by molar-refractivity contribution is 0.0483. The van der Waals surface area contributed by atoms with Gasteiger partial charge in [-0.1, -0.05) is 0 Å². The molecule has 5 nitrogen and oxygen atoms in total. The fraction of sp³-hybridized carbons (Fsp3) is 0.583. The molecule has 0 saturated carbocycles. The number of nitrogens with one attached hydrogen (secondary N) is 2. The predicted octanol–water partition coefficient (Wildman–Crippen LogP) is 1.44. The van der Waals surface area contributed by atoms with Crippen molar-refractivity contribution in [2.75, 3.05) is 6.61 Å². The summed E-state index contributed by atoms with van der Waals surface area (Å²) < 4.78 is 5.12. The minimum Gasteiger partial charge on any atom is -0.444 e. The van der Waals surface area contributed by atoms with Crippen molar-refractivity contribution in [1.82, 2.24) is 10.3 Å². The average Bonchev–Trinajstić information content (AvgIpc) is 2.66. The highest BCUT2D eigenvalue weighted by Crippen LogP contribution is 2.08. The Hall–Kier alpha value is -1.49. The molecule has 1 aromatic rings. The molecule has 0 saturated heterocycles. The van der Waals surface area contributed by atoms with Gasteiger partial charge in [-0.3, -0.25) is 0 Å². The number of aromatic amines is 1. The van der Waals surface area contributed by atoms with Crippen molar-refractivity contribution in [3.63, 3.8) is 0 Å². The second kappa shape index (κ2) is 5.72. The van der Waals surface area contributed by atoms with Crippen LogP contribution >= 0.6 is 0 Å². The quantitative estimate of drug-likeness (QED) is 0.745. The lowest BCUT2D eigenvalue weighted by Gasteiger charge is -2.22. The zero-order valence-corrected chi connectivity index (χ0v) is 10.5. The van der Waals surface area contributed by atoms with Crippen LogP contribution in [0.1, 0.15) is 26.3 Å². The van der Waals surface area contributed by atoms with Gasteiger partial charge in [0.1, 0.15) is 5.60 Å². The van der Waals surface area contributed by atoms with E-state index in [1.54, 1.807) is 27.0 Å². The Labute approximate surface area is 101 Å². The summed E-state index contributed by atoms with van der Waals surface area (Å²) in [7, 11) is 0. The normalized spacial score (nSPS) is 13.2. The summed E-state index contributed by atoms with van der Waals surface area (Å²) in [5, 5.41) is 11.8. The summed E-state index contributed by atoms with van der Waals surface area (Å²) in [4.78, 5) is 14.4. The van der Waals surface area contributed by atoms with Crippen molar-refractivity contribution in [3.8, 4) is 0 Å². The first-order valence-electron chi connectivity index (χ1n) is 5.63. The van der Waals surface area contributed by atoms with Crippen molar-refractivity contribution in [2.45, 2.75) is 38.8 Å². The molecule has 0 spiro atoms. The van der Waals surface area contributed by atoms with Crippen LogP contribution in [-0.2, 0) is 11.2 Å². The van der Waals surface area contributed by atoms with Crippen molar-refractivity contribution >= 4 is 6.09 Å². The Kier molecular flexibility index (Phi) is 4.57. The van der Waals surface area contributed by atoms with Gasteiger partial charge in [0.2, 0.25) is 0 Å². The Morgan fingerprint density at radius 1 is 1.59 bits per heavy atom.